The van der Waals surface area contributed by atoms with Gasteiger partial charge in [0.05, 0.1) is 0 Å². The monoisotopic (exact) mass is 412 g/mol. The number of hydrogen-bond acceptors (Lipinski definition) is 2. The molecule has 0 fully saturated rings. The molecule has 0 radical (unpaired) electrons. The predicted octanol–water partition coefficient (Wildman–Crippen LogP) is 4.70. The van der Waals surface area contributed by atoms with Crippen LogP contribution in [0.1, 0.15) is 15.9 Å². The van der Waals surface area contributed by atoms with Crippen LogP contribution in [0.5, 0.6) is 0 Å². The third-order valence-electron chi connectivity index (χ3n) is 5.62. The number of hydrogen-bond donors (Lipinski definition) is 0. The Labute approximate surface area is 178 Å². The Morgan fingerprint density at radius 3 is 1.57 bits per heavy atom. The van der Waals surface area contributed by atoms with Crippen LogP contribution in [0.15, 0.2) is 115 Å². The zero-order chi connectivity index (χ0) is 20.8. The molecule has 2 nitrogen and oxygen atoms in total. The Balaban J connectivity index is 1.95. The molecule has 0 amide bonds. The topological polar surface area (TPSA) is 26.3 Å². The first-order valence-electron chi connectivity index (χ1n) is 10.1. The van der Waals surface area contributed by atoms with Gasteiger partial charge < -0.3 is 0 Å². The second kappa shape index (κ2) is 9.07. The molecule has 3 heteroatoms. The first-order chi connectivity index (χ1) is 14.7. The maximum atomic E-state index is 12.1. The van der Waals surface area contributed by atoms with Crippen LogP contribution >= 0.6 is 7.26 Å². The summed E-state index contributed by atoms with van der Waals surface area (Å²) in [4.78, 5) is 12.1. The molecule has 0 aromatic heterocycles. The van der Waals surface area contributed by atoms with Crippen LogP contribution in [-0.2, 0) is 10.9 Å². The average molecular weight is 412 g/mol. The van der Waals surface area contributed by atoms with E-state index >= 15 is 0 Å². The molecule has 0 spiro atoms. The molecule has 0 saturated heterocycles. The summed E-state index contributed by atoms with van der Waals surface area (Å²) in [5.41, 5.74) is 1.73. The van der Waals surface area contributed by atoms with E-state index < -0.39 is 7.26 Å². The van der Waals surface area contributed by atoms with Gasteiger partial charge in [0.25, 0.3) is 0 Å². The van der Waals surface area contributed by atoms with Crippen molar-refractivity contribution in [1.29, 1.82) is 0 Å². The quantitative estimate of drug-likeness (QED) is 0.339. The van der Waals surface area contributed by atoms with Gasteiger partial charge in [-0.05, 0) is 0 Å². The summed E-state index contributed by atoms with van der Waals surface area (Å²) in [6.45, 7) is 0. The van der Waals surface area contributed by atoms with Gasteiger partial charge in [-0.3, -0.25) is 0 Å². The molecular weight excluding hydrogens is 387 g/mol. The van der Waals surface area contributed by atoms with Crippen molar-refractivity contribution in [1.82, 2.24) is 0 Å². The Morgan fingerprint density at radius 1 is 0.667 bits per heavy atom. The van der Waals surface area contributed by atoms with Crippen molar-refractivity contribution in [2.24, 2.45) is 0 Å². The molecule has 150 valence electrons. The molecule has 0 aliphatic heterocycles. The molecule has 0 aliphatic rings. The van der Waals surface area contributed by atoms with Crippen LogP contribution in [0.3, 0.4) is 0 Å². The van der Waals surface area contributed by atoms with Crippen LogP contribution in [0.25, 0.3) is 0 Å². The Hall–Kier alpha value is -3.22. The van der Waals surface area contributed by atoms with Gasteiger partial charge in [0, 0.05) is 0 Å². The Morgan fingerprint density at radius 2 is 1.13 bits per heavy atom. The van der Waals surface area contributed by atoms with Gasteiger partial charge in [0.1, 0.15) is 0 Å². The summed E-state index contributed by atoms with van der Waals surface area (Å²) in [6, 6.07) is 40.2. The van der Waals surface area contributed by atoms with Crippen LogP contribution in [0.2, 0.25) is 0 Å². The fourth-order valence-corrected chi connectivity index (χ4v) is 8.94. The van der Waals surface area contributed by atoms with Gasteiger partial charge in [-0.1, -0.05) is 0 Å². The number of carbonyl (C=O) groups excluding carboxylic acids is 1. The number of rotatable bonds is 6. The average Bonchev–Trinajstić information content (AvgIpc) is 2.84. The molecule has 0 atom stereocenters. The molecule has 0 unspecified atom stereocenters. The molecule has 0 bridgehead atoms. The van der Waals surface area contributed by atoms with Crippen LogP contribution in [-0.4, -0.2) is 13.1 Å². The van der Waals surface area contributed by atoms with Crippen molar-refractivity contribution in [3.8, 4) is 0 Å². The third-order valence-corrected chi connectivity index (χ3v) is 10.5. The van der Waals surface area contributed by atoms with Gasteiger partial charge in [-0.2, -0.15) is 0 Å². The van der Waals surface area contributed by atoms with Gasteiger partial charge in [0.2, 0.25) is 0 Å². The van der Waals surface area contributed by atoms with Crippen molar-refractivity contribution in [3.05, 3.63) is 126 Å². The minimum absolute atomic E-state index is 0.303. The van der Waals surface area contributed by atoms with E-state index in [1.54, 1.807) is 0 Å². The minimum atomic E-state index is -2.38. The standard InChI is InChI=1S/C27H25O2P/c1-29-27(28)23-13-11-12-22(20-23)21-30(24-14-5-2-6-15-24,25-16-7-3-8-17-25)26-18-9-4-10-19-26/h2-20,30H,21H2,1H3. The number of benzene rings is 4. The molecule has 30 heavy (non-hydrogen) atoms. The third kappa shape index (κ3) is 3.92. The van der Waals surface area contributed by atoms with Gasteiger partial charge in [-0.25, -0.2) is 0 Å². The first-order valence-corrected chi connectivity index (χ1v) is 12.3. The molecule has 4 rings (SSSR count). The predicted molar refractivity (Wildman–Crippen MR) is 128 cm³/mol. The Kier molecular flexibility index (Phi) is 6.07. The molecule has 0 N–H and O–H groups in total. The van der Waals surface area contributed by atoms with Crippen LogP contribution < -0.4 is 15.9 Å². The van der Waals surface area contributed by atoms with E-state index in [9.17, 15) is 4.79 Å². The van der Waals surface area contributed by atoms with E-state index in [1.807, 2.05) is 18.2 Å². The first kappa shape index (κ1) is 20.1. The summed E-state index contributed by atoms with van der Waals surface area (Å²) in [5, 5.41) is 4.06. The van der Waals surface area contributed by atoms with Gasteiger partial charge in [-0.15, -0.1) is 0 Å². The van der Waals surface area contributed by atoms with E-state index in [1.165, 1.54) is 23.0 Å². The number of esters is 1. The molecular formula is C27H25O2P. The SMILES string of the molecule is COC(=O)c1cccc(C[PH](c2ccccc2)(c2ccccc2)c2ccccc2)c1. The summed E-state index contributed by atoms with van der Waals surface area (Å²) >= 11 is 0. The number of ether oxygens (including phenoxy) is 1. The molecule has 0 saturated carbocycles. The molecule has 0 aliphatic carbocycles. The fraction of sp³-hybridized carbons (Fsp3) is 0.0741. The molecule has 0 heterocycles. The van der Waals surface area contributed by atoms with E-state index in [-0.39, 0.29) is 5.97 Å². The number of methoxy groups -OCH3 is 1. The summed E-state index contributed by atoms with van der Waals surface area (Å²) < 4.78 is 4.95. The number of carbonyl (C=O) groups is 1. The van der Waals surface area contributed by atoms with Crippen molar-refractivity contribution in [3.63, 3.8) is 0 Å². The second-order valence-electron chi connectivity index (χ2n) is 7.37. The normalized spacial score (nSPS) is 11.6. The second-order valence-corrected chi connectivity index (χ2v) is 11.3. The zero-order valence-electron chi connectivity index (χ0n) is 17.0. The maximum absolute atomic E-state index is 12.1. The van der Waals surface area contributed by atoms with E-state index in [0.717, 1.165) is 11.7 Å². The van der Waals surface area contributed by atoms with Crippen molar-refractivity contribution in [2.75, 3.05) is 7.11 Å². The van der Waals surface area contributed by atoms with Crippen molar-refractivity contribution >= 4 is 29.1 Å². The van der Waals surface area contributed by atoms with E-state index in [0.29, 0.717) is 5.56 Å². The van der Waals surface area contributed by atoms with Crippen molar-refractivity contribution in [2.45, 2.75) is 6.16 Å². The zero-order valence-corrected chi connectivity index (χ0v) is 18.0. The van der Waals surface area contributed by atoms with Crippen molar-refractivity contribution < 1.29 is 9.53 Å². The van der Waals surface area contributed by atoms with E-state index in [4.69, 9.17) is 4.74 Å². The van der Waals surface area contributed by atoms with Gasteiger partial charge >= 0.3 is 178 Å². The Bertz CT molecular complexity index is 1010. The van der Waals surface area contributed by atoms with Crippen LogP contribution in [0, 0.1) is 0 Å². The van der Waals surface area contributed by atoms with E-state index in [2.05, 4.69) is 97.1 Å². The van der Waals surface area contributed by atoms with Gasteiger partial charge in [0.15, 0.2) is 0 Å². The molecule has 4 aromatic rings. The molecule has 4 aromatic carbocycles. The van der Waals surface area contributed by atoms with Crippen LogP contribution in [0.4, 0.5) is 0 Å². The summed E-state index contributed by atoms with van der Waals surface area (Å²) in [6.07, 6.45) is 0.857. The summed E-state index contributed by atoms with van der Waals surface area (Å²) in [7, 11) is -0.962. The summed E-state index contributed by atoms with van der Waals surface area (Å²) in [5.74, 6) is -0.303. The fourth-order valence-electron chi connectivity index (χ4n) is 4.21.